The molecule has 1 fully saturated rings. The molecule has 34 heavy (non-hydrogen) atoms. The second-order valence-electron chi connectivity index (χ2n) is 8.93. The predicted molar refractivity (Wildman–Crippen MR) is 144 cm³/mol. The zero-order chi connectivity index (χ0) is 23.8. The van der Waals surface area contributed by atoms with E-state index in [0.717, 1.165) is 22.9 Å². The van der Waals surface area contributed by atoms with Crippen LogP contribution in [-0.2, 0) is 6.42 Å². The number of anilines is 1. The fourth-order valence-electron chi connectivity index (χ4n) is 5.29. The van der Waals surface area contributed by atoms with Crippen LogP contribution < -0.4 is 10.2 Å². The molecule has 1 aliphatic heterocycles. The van der Waals surface area contributed by atoms with Crippen LogP contribution in [0.4, 0.5) is 5.69 Å². The van der Waals surface area contributed by atoms with Gasteiger partial charge in [-0.3, -0.25) is 4.98 Å². The molecule has 2 unspecified atom stereocenters. The van der Waals surface area contributed by atoms with Crippen molar-refractivity contribution in [2.75, 3.05) is 4.90 Å². The standard InChI is InChI=1S/C29H30N4S/c1-5-22-13-11-12-19(2)27(22)32-20(3)18-24(21(32)4)28-26(25-16-9-10-17-30-25)31-29(34)33(28)23-14-7-6-8-15-23/h6-18,26,28H,5H2,1-4H3,(H,31,34). The van der Waals surface area contributed by atoms with E-state index in [1.165, 1.54) is 33.8 Å². The molecule has 3 heterocycles. The number of para-hydroxylation sites is 2. The van der Waals surface area contributed by atoms with E-state index >= 15 is 0 Å². The molecule has 1 aliphatic rings. The van der Waals surface area contributed by atoms with Crippen LogP contribution in [0.3, 0.4) is 0 Å². The lowest BCUT2D eigenvalue weighted by atomic mass is 9.96. The van der Waals surface area contributed by atoms with E-state index in [0.29, 0.717) is 0 Å². The molecule has 2 aromatic heterocycles. The van der Waals surface area contributed by atoms with Crippen LogP contribution in [0.15, 0.2) is 79.0 Å². The zero-order valence-corrected chi connectivity index (χ0v) is 20.9. The summed E-state index contributed by atoms with van der Waals surface area (Å²) in [6.45, 7) is 8.85. The molecule has 0 amide bonds. The summed E-state index contributed by atoms with van der Waals surface area (Å²) in [5.41, 5.74) is 9.72. The zero-order valence-electron chi connectivity index (χ0n) is 20.1. The molecule has 1 saturated heterocycles. The Hall–Kier alpha value is -3.44. The Morgan fingerprint density at radius 1 is 0.941 bits per heavy atom. The van der Waals surface area contributed by atoms with Gasteiger partial charge in [0.1, 0.15) is 0 Å². The van der Waals surface area contributed by atoms with Gasteiger partial charge >= 0.3 is 0 Å². The van der Waals surface area contributed by atoms with Gasteiger partial charge < -0.3 is 14.8 Å². The molecule has 0 radical (unpaired) electrons. The minimum absolute atomic E-state index is 0.0150. The number of thiocarbonyl (C=S) groups is 1. The van der Waals surface area contributed by atoms with Gasteiger partial charge in [0.05, 0.1) is 23.5 Å². The highest BCUT2D eigenvalue weighted by Gasteiger charge is 2.42. The highest BCUT2D eigenvalue weighted by atomic mass is 32.1. The van der Waals surface area contributed by atoms with E-state index in [9.17, 15) is 0 Å². The predicted octanol–water partition coefficient (Wildman–Crippen LogP) is 6.54. The lowest BCUT2D eigenvalue weighted by molar-refractivity contribution is 0.565. The van der Waals surface area contributed by atoms with Gasteiger partial charge in [0.2, 0.25) is 0 Å². The van der Waals surface area contributed by atoms with Crippen LogP contribution in [0.2, 0.25) is 0 Å². The number of hydrogen-bond acceptors (Lipinski definition) is 2. The van der Waals surface area contributed by atoms with Crippen LogP contribution in [0.25, 0.3) is 5.69 Å². The minimum atomic E-state index is -0.0506. The Labute approximate surface area is 207 Å². The van der Waals surface area contributed by atoms with Gasteiger partial charge in [-0.2, -0.15) is 0 Å². The van der Waals surface area contributed by atoms with Gasteiger partial charge in [0.25, 0.3) is 0 Å². The summed E-state index contributed by atoms with van der Waals surface area (Å²) < 4.78 is 2.42. The molecule has 0 bridgehead atoms. The first-order valence-corrected chi connectivity index (χ1v) is 12.3. The third kappa shape index (κ3) is 3.70. The number of nitrogens with zero attached hydrogens (tertiary/aromatic N) is 3. The summed E-state index contributed by atoms with van der Waals surface area (Å²) >= 11 is 5.89. The van der Waals surface area contributed by atoms with E-state index in [4.69, 9.17) is 17.2 Å². The minimum Gasteiger partial charge on any atom is -0.351 e. The third-order valence-electron chi connectivity index (χ3n) is 6.85. The van der Waals surface area contributed by atoms with Crippen molar-refractivity contribution in [3.05, 3.63) is 113 Å². The molecule has 5 rings (SSSR count). The van der Waals surface area contributed by atoms with Crippen molar-refractivity contribution in [1.82, 2.24) is 14.9 Å². The highest BCUT2D eigenvalue weighted by Crippen LogP contribution is 2.44. The fourth-order valence-corrected chi connectivity index (χ4v) is 5.64. The monoisotopic (exact) mass is 466 g/mol. The Balaban J connectivity index is 1.71. The average molecular weight is 467 g/mol. The molecule has 5 heteroatoms. The SMILES string of the molecule is CCc1cccc(C)c1-n1c(C)cc(C2C(c3ccccn3)NC(=S)N2c2ccccc2)c1C. The van der Waals surface area contributed by atoms with Gasteiger partial charge in [0.15, 0.2) is 5.11 Å². The quantitative estimate of drug-likeness (QED) is 0.339. The summed E-state index contributed by atoms with van der Waals surface area (Å²) in [6, 6.07) is 25.3. The van der Waals surface area contributed by atoms with Crippen molar-refractivity contribution < 1.29 is 0 Å². The lowest BCUT2D eigenvalue weighted by Gasteiger charge is -2.28. The number of pyridine rings is 1. The first-order valence-electron chi connectivity index (χ1n) is 11.8. The fraction of sp³-hybridized carbons (Fsp3) is 0.241. The van der Waals surface area contributed by atoms with Crippen molar-refractivity contribution in [2.24, 2.45) is 0 Å². The van der Waals surface area contributed by atoms with Crippen molar-refractivity contribution in [3.63, 3.8) is 0 Å². The summed E-state index contributed by atoms with van der Waals surface area (Å²) in [5.74, 6) is 0. The van der Waals surface area contributed by atoms with E-state index in [1.807, 2.05) is 24.4 Å². The molecule has 4 aromatic rings. The van der Waals surface area contributed by atoms with Crippen LogP contribution in [0.5, 0.6) is 0 Å². The molecule has 2 atom stereocenters. The van der Waals surface area contributed by atoms with E-state index in [-0.39, 0.29) is 12.1 Å². The third-order valence-corrected chi connectivity index (χ3v) is 7.16. The van der Waals surface area contributed by atoms with Crippen LogP contribution >= 0.6 is 12.2 Å². The van der Waals surface area contributed by atoms with E-state index in [1.54, 1.807) is 0 Å². The molecular weight excluding hydrogens is 436 g/mol. The molecule has 1 N–H and O–H groups in total. The number of nitrogens with one attached hydrogen (secondary N) is 1. The Morgan fingerprint density at radius 2 is 1.71 bits per heavy atom. The largest absolute Gasteiger partial charge is 0.351 e. The molecule has 0 aliphatic carbocycles. The molecule has 172 valence electrons. The van der Waals surface area contributed by atoms with Crippen molar-refractivity contribution in [2.45, 2.75) is 46.2 Å². The van der Waals surface area contributed by atoms with Crippen LogP contribution in [0.1, 0.15) is 52.8 Å². The molecule has 0 spiro atoms. The number of hydrogen-bond donors (Lipinski definition) is 1. The van der Waals surface area contributed by atoms with Gasteiger partial charge in [-0.1, -0.05) is 49.4 Å². The van der Waals surface area contributed by atoms with Gasteiger partial charge in [-0.15, -0.1) is 0 Å². The number of aromatic nitrogens is 2. The van der Waals surface area contributed by atoms with Gasteiger partial charge in [-0.25, -0.2) is 0 Å². The lowest BCUT2D eigenvalue weighted by Crippen LogP contribution is -2.29. The number of rotatable bonds is 5. The van der Waals surface area contributed by atoms with Crippen molar-refractivity contribution in [1.29, 1.82) is 0 Å². The summed E-state index contributed by atoms with van der Waals surface area (Å²) in [4.78, 5) is 6.95. The maximum Gasteiger partial charge on any atom is 0.174 e. The maximum absolute atomic E-state index is 5.89. The number of benzene rings is 2. The van der Waals surface area contributed by atoms with Gasteiger partial charge in [-0.05, 0) is 86.4 Å². The molecule has 0 saturated carbocycles. The first kappa shape index (κ1) is 22.4. The van der Waals surface area contributed by atoms with E-state index < -0.39 is 0 Å². The average Bonchev–Trinajstić information content (AvgIpc) is 3.35. The Kier molecular flexibility index (Phi) is 5.96. The summed E-state index contributed by atoms with van der Waals surface area (Å²) in [7, 11) is 0. The van der Waals surface area contributed by atoms with Crippen molar-refractivity contribution in [3.8, 4) is 5.69 Å². The maximum atomic E-state index is 5.89. The Bertz CT molecular complexity index is 1330. The Morgan fingerprint density at radius 3 is 2.41 bits per heavy atom. The van der Waals surface area contributed by atoms with Crippen LogP contribution in [0, 0.1) is 20.8 Å². The second-order valence-corrected chi connectivity index (χ2v) is 9.32. The van der Waals surface area contributed by atoms with E-state index in [2.05, 4.69) is 97.1 Å². The normalized spacial score (nSPS) is 17.8. The first-order chi connectivity index (χ1) is 16.5. The van der Waals surface area contributed by atoms with Crippen molar-refractivity contribution >= 4 is 23.0 Å². The summed E-state index contributed by atoms with van der Waals surface area (Å²) in [5, 5.41) is 4.31. The van der Waals surface area contributed by atoms with Gasteiger partial charge in [0, 0.05) is 23.3 Å². The summed E-state index contributed by atoms with van der Waals surface area (Å²) in [6.07, 6.45) is 2.84. The molecule has 2 aromatic carbocycles. The van der Waals surface area contributed by atoms with Crippen LogP contribution in [-0.4, -0.2) is 14.7 Å². The molecule has 4 nitrogen and oxygen atoms in total. The second kappa shape index (κ2) is 9.07. The topological polar surface area (TPSA) is 33.1 Å². The molecular formula is C29H30N4S. The highest BCUT2D eigenvalue weighted by molar-refractivity contribution is 7.80. The smallest absolute Gasteiger partial charge is 0.174 e. The number of aryl methyl sites for hydroxylation is 3.